The molecule has 0 atom stereocenters. The van der Waals surface area contributed by atoms with Crippen LogP contribution in [0.25, 0.3) is 0 Å². The van der Waals surface area contributed by atoms with Crippen molar-refractivity contribution in [2.45, 2.75) is 52.6 Å². The average Bonchev–Trinajstić information content (AvgIpc) is 2.74. The van der Waals surface area contributed by atoms with Crippen LogP contribution in [0.1, 0.15) is 44.7 Å². The van der Waals surface area contributed by atoms with Gasteiger partial charge in [0.1, 0.15) is 0 Å². The third-order valence-electron chi connectivity index (χ3n) is 5.24. The third-order valence-corrected chi connectivity index (χ3v) is 5.24. The van der Waals surface area contributed by atoms with Crippen molar-refractivity contribution in [1.82, 2.24) is 14.9 Å². The van der Waals surface area contributed by atoms with E-state index in [2.05, 4.69) is 53.1 Å². The van der Waals surface area contributed by atoms with Gasteiger partial charge in [-0.15, -0.1) is 0 Å². The summed E-state index contributed by atoms with van der Waals surface area (Å²) in [6.07, 6.45) is 6.96. The van der Waals surface area contributed by atoms with Gasteiger partial charge in [-0.05, 0) is 48.4 Å². The molecule has 3 rings (SSSR count). The first-order valence-electron chi connectivity index (χ1n) is 10.7. The van der Waals surface area contributed by atoms with Gasteiger partial charge in [-0.3, -0.25) is 4.90 Å². The Morgan fingerprint density at radius 1 is 1.10 bits per heavy atom. The van der Waals surface area contributed by atoms with E-state index in [1.165, 1.54) is 11.1 Å². The number of piperidine rings is 1. The second-order valence-electron chi connectivity index (χ2n) is 8.15. The molecule has 0 spiro atoms. The Morgan fingerprint density at radius 3 is 2.45 bits per heavy atom. The van der Waals surface area contributed by atoms with Crippen LogP contribution in [0.3, 0.4) is 0 Å². The highest BCUT2D eigenvalue weighted by atomic mass is 16.5. The van der Waals surface area contributed by atoms with Crippen molar-refractivity contribution in [3.05, 3.63) is 41.7 Å². The predicted molar refractivity (Wildman–Crippen MR) is 117 cm³/mol. The number of benzene rings is 1. The first-order valence-corrected chi connectivity index (χ1v) is 10.7. The van der Waals surface area contributed by atoms with E-state index in [9.17, 15) is 0 Å². The maximum Gasteiger partial charge on any atom is 0.222 e. The van der Waals surface area contributed by atoms with Gasteiger partial charge in [0.05, 0.1) is 13.7 Å². The predicted octanol–water partition coefficient (Wildman–Crippen LogP) is 4.16. The van der Waals surface area contributed by atoms with Gasteiger partial charge in [0, 0.05) is 38.1 Å². The largest absolute Gasteiger partial charge is 0.493 e. The molecule has 0 saturated carbocycles. The molecule has 0 aliphatic carbocycles. The Hall–Kier alpha value is -2.34. The molecule has 0 unspecified atom stereocenters. The van der Waals surface area contributed by atoms with Gasteiger partial charge < -0.3 is 14.8 Å². The second-order valence-corrected chi connectivity index (χ2v) is 8.15. The number of nitrogens with zero attached hydrogens (tertiary/aromatic N) is 3. The van der Waals surface area contributed by atoms with Gasteiger partial charge in [0.15, 0.2) is 11.5 Å². The maximum absolute atomic E-state index is 5.95. The lowest BCUT2D eigenvalue weighted by molar-refractivity contribution is 0.210. The van der Waals surface area contributed by atoms with Gasteiger partial charge in [0.25, 0.3) is 0 Å². The number of aryl methyl sites for hydroxylation is 1. The summed E-state index contributed by atoms with van der Waals surface area (Å²) in [6, 6.07) is 6.69. The highest BCUT2D eigenvalue weighted by Gasteiger charge is 2.20. The van der Waals surface area contributed by atoms with Gasteiger partial charge in [-0.1, -0.05) is 26.8 Å². The van der Waals surface area contributed by atoms with Crippen molar-refractivity contribution in [2.75, 3.05) is 32.1 Å². The number of methoxy groups -OCH3 is 1. The molecule has 2 heterocycles. The number of aromatic nitrogens is 2. The lowest BCUT2D eigenvalue weighted by Gasteiger charge is -2.32. The maximum atomic E-state index is 5.95. The Bertz CT molecular complexity index is 756. The minimum atomic E-state index is 0.430. The Kier molecular flexibility index (Phi) is 7.69. The lowest BCUT2D eigenvalue weighted by Crippen LogP contribution is -2.39. The van der Waals surface area contributed by atoms with Gasteiger partial charge in [-0.25, -0.2) is 9.97 Å². The minimum Gasteiger partial charge on any atom is -0.493 e. The standard InChI is InChI=1S/C23H34N4O2/c1-5-18-13-24-23(25-14-18)26-20-8-10-27(11-9-20)15-19-6-7-21(28-4)22(12-19)29-16-17(2)3/h6-7,12-14,17,20H,5,8-11,15-16H2,1-4H3,(H,24,25,26). The zero-order chi connectivity index (χ0) is 20.6. The fraction of sp³-hybridized carbons (Fsp3) is 0.565. The third kappa shape index (κ3) is 6.32. The molecule has 6 heteroatoms. The first kappa shape index (κ1) is 21.4. The van der Waals surface area contributed by atoms with Crippen LogP contribution in [0.2, 0.25) is 0 Å². The van der Waals surface area contributed by atoms with Crippen LogP contribution in [0.4, 0.5) is 5.95 Å². The number of anilines is 1. The van der Waals surface area contributed by atoms with Gasteiger partial charge in [-0.2, -0.15) is 0 Å². The van der Waals surface area contributed by atoms with Crippen molar-refractivity contribution >= 4 is 5.95 Å². The normalized spacial score (nSPS) is 15.5. The summed E-state index contributed by atoms with van der Waals surface area (Å²) in [5, 5.41) is 3.48. The molecule has 1 aromatic heterocycles. The van der Waals surface area contributed by atoms with E-state index in [0.29, 0.717) is 18.6 Å². The lowest BCUT2D eigenvalue weighted by atomic mass is 10.0. The number of nitrogens with one attached hydrogen (secondary N) is 1. The molecule has 6 nitrogen and oxygen atoms in total. The molecular weight excluding hydrogens is 364 g/mol. The zero-order valence-electron chi connectivity index (χ0n) is 18.1. The second kappa shape index (κ2) is 10.4. The molecule has 0 radical (unpaired) electrons. The molecule has 1 aliphatic rings. The van der Waals surface area contributed by atoms with Crippen LogP contribution < -0.4 is 14.8 Å². The van der Waals surface area contributed by atoms with E-state index in [1.807, 2.05) is 18.5 Å². The van der Waals surface area contributed by atoms with Gasteiger partial charge in [0.2, 0.25) is 5.95 Å². The van der Waals surface area contributed by atoms with E-state index >= 15 is 0 Å². The fourth-order valence-corrected chi connectivity index (χ4v) is 3.48. The smallest absolute Gasteiger partial charge is 0.222 e. The molecule has 1 aliphatic heterocycles. The quantitative estimate of drug-likeness (QED) is 0.684. The van der Waals surface area contributed by atoms with E-state index in [0.717, 1.165) is 56.3 Å². The molecule has 1 fully saturated rings. The monoisotopic (exact) mass is 398 g/mol. The van der Waals surface area contributed by atoms with Crippen LogP contribution in [0.5, 0.6) is 11.5 Å². The molecule has 29 heavy (non-hydrogen) atoms. The summed E-state index contributed by atoms with van der Waals surface area (Å²) in [5.74, 6) is 2.86. The van der Waals surface area contributed by atoms with Crippen LogP contribution in [-0.2, 0) is 13.0 Å². The average molecular weight is 399 g/mol. The molecule has 1 aromatic carbocycles. The first-order chi connectivity index (χ1) is 14.1. The molecule has 1 saturated heterocycles. The number of hydrogen-bond acceptors (Lipinski definition) is 6. The van der Waals surface area contributed by atoms with E-state index in [-0.39, 0.29) is 0 Å². The van der Waals surface area contributed by atoms with E-state index < -0.39 is 0 Å². The van der Waals surface area contributed by atoms with Crippen LogP contribution >= 0.6 is 0 Å². The Labute approximate surface area is 174 Å². The number of hydrogen-bond donors (Lipinski definition) is 1. The van der Waals surface area contributed by atoms with Crippen LogP contribution in [0, 0.1) is 5.92 Å². The summed E-state index contributed by atoms with van der Waals surface area (Å²) in [7, 11) is 1.69. The highest BCUT2D eigenvalue weighted by molar-refractivity contribution is 5.43. The van der Waals surface area contributed by atoms with Crippen molar-refractivity contribution in [1.29, 1.82) is 0 Å². The Morgan fingerprint density at radius 2 is 1.83 bits per heavy atom. The number of likely N-dealkylation sites (tertiary alicyclic amines) is 1. The molecule has 0 amide bonds. The summed E-state index contributed by atoms with van der Waals surface area (Å²) in [5.41, 5.74) is 2.43. The molecule has 1 N–H and O–H groups in total. The SMILES string of the molecule is CCc1cnc(NC2CCN(Cc3ccc(OC)c(OCC(C)C)c3)CC2)nc1. The fourth-order valence-electron chi connectivity index (χ4n) is 3.48. The van der Waals surface area contributed by atoms with Crippen LogP contribution in [-0.4, -0.2) is 47.7 Å². The summed E-state index contributed by atoms with van der Waals surface area (Å²) < 4.78 is 11.4. The number of ether oxygens (including phenoxy) is 2. The number of rotatable bonds is 9. The van der Waals surface area contributed by atoms with Crippen molar-refractivity contribution in [2.24, 2.45) is 5.92 Å². The molecule has 2 aromatic rings. The van der Waals surface area contributed by atoms with E-state index in [1.54, 1.807) is 7.11 Å². The van der Waals surface area contributed by atoms with Crippen molar-refractivity contribution in [3.8, 4) is 11.5 Å². The summed E-state index contributed by atoms with van der Waals surface area (Å²) in [6.45, 7) is 10.1. The van der Waals surface area contributed by atoms with Crippen molar-refractivity contribution in [3.63, 3.8) is 0 Å². The summed E-state index contributed by atoms with van der Waals surface area (Å²) in [4.78, 5) is 11.3. The van der Waals surface area contributed by atoms with Crippen molar-refractivity contribution < 1.29 is 9.47 Å². The zero-order valence-corrected chi connectivity index (χ0v) is 18.1. The molecular formula is C23H34N4O2. The topological polar surface area (TPSA) is 59.5 Å². The highest BCUT2D eigenvalue weighted by Crippen LogP contribution is 2.29. The van der Waals surface area contributed by atoms with E-state index in [4.69, 9.17) is 9.47 Å². The minimum absolute atomic E-state index is 0.430. The van der Waals surface area contributed by atoms with Crippen LogP contribution in [0.15, 0.2) is 30.6 Å². The molecule has 158 valence electrons. The summed E-state index contributed by atoms with van der Waals surface area (Å²) >= 11 is 0. The molecule has 0 bridgehead atoms. The van der Waals surface area contributed by atoms with Gasteiger partial charge >= 0.3 is 0 Å². The Balaban J connectivity index is 1.51.